The molecule has 2 N–H and O–H groups in total. The number of hydrogen-bond acceptors (Lipinski definition) is 4. The molecule has 0 unspecified atom stereocenters. The van der Waals surface area contributed by atoms with Gasteiger partial charge in [-0.2, -0.15) is 13.2 Å². The molecule has 0 aliphatic carbocycles. The molecule has 27 heavy (non-hydrogen) atoms. The van der Waals surface area contributed by atoms with E-state index in [0.29, 0.717) is 10.4 Å². The zero-order valence-corrected chi connectivity index (χ0v) is 14.9. The van der Waals surface area contributed by atoms with Gasteiger partial charge in [-0.1, -0.05) is 12.1 Å². The van der Waals surface area contributed by atoms with Gasteiger partial charge < -0.3 is 0 Å². The molecule has 0 spiro atoms. The predicted molar refractivity (Wildman–Crippen MR) is 91.0 cm³/mol. The number of rotatable bonds is 5. The number of hydrogen-bond donors (Lipinski definition) is 2. The Labute approximate surface area is 153 Å². The van der Waals surface area contributed by atoms with Crippen molar-refractivity contribution in [1.29, 1.82) is 0 Å². The largest absolute Gasteiger partial charge is 0.416 e. The van der Waals surface area contributed by atoms with Gasteiger partial charge >= 0.3 is 6.18 Å². The van der Waals surface area contributed by atoms with Crippen molar-refractivity contribution in [2.45, 2.75) is 11.1 Å². The summed E-state index contributed by atoms with van der Waals surface area (Å²) in [5.41, 5.74) is -1.26. The number of nitrogens with zero attached hydrogens (tertiary/aromatic N) is 1. The van der Waals surface area contributed by atoms with Crippen molar-refractivity contribution in [1.82, 2.24) is 0 Å². The molecule has 6 nitrogen and oxygen atoms in total. The van der Waals surface area contributed by atoms with Crippen molar-refractivity contribution in [3.63, 3.8) is 0 Å². The van der Waals surface area contributed by atoms with E-state index in [-0.39, 0.29) is 5.56 Å². The Hall–Kier alpha value is -2.44. The lowest BCUT2D eigenvalue weighted by Crippen LogP contribution is -2.20. The zero-order chi connectivity index (χ0) is 20.4. The van der Waals surface area contributed by atoms with Crippen LogP contribution in [0.3, 0.4) is 0 Å². The van der Waals surface area contributed by atoms with Gasteiger partial charge in [0.25, 0.3) is 0 Å². The fraction of sp³-hybridized carbons (Fsp3) is 0.0667. The van der Waals surface area contributed by atoms with Crippen LogP contribution in [-0.2, 0) is 27.1 Å². The molecular formula is C15H12F4N2O4S2. The van der Waals surface area contributed by atoms with Crippen molar-refractivity contribution in [2.75, 3.05) is 4.31 Å². The van der Waals surface area contributed by atoms with Crippen molar-refractivity contribution in [3.05, 3.63) is 65.6 Å². The number of thiol groups is 1. The maximum atomic E-state index is 13.5. The third-order valence-electron chi connectivity index (χ3n) is 3.30. The predicted octanol–water partition coefficient (Wildman–Crippen LogP) is 2.50. The Balaban J connectivity index is 2.46. The minimum Gasteiger partial charge on any atom is -0.246 e. The molecule has 0 aliphatic rings. The second kappa shape index (κ2) is 7.66. The summed E-state index contributed by atoms with van der Waals surface area (Å²) >= 11 is 0. The van der Waals surface area contributed by atoms with E-state index < -0.39 is 49.1 Å². The van der Waals surface area contributed by atoms with Gasteiger partial charge in [0.05, 0.1) is 11.3 Å². The summed E-state index contributed by atoms with van der Waals surface area (Å²) in [5.74, 6) is -0.915. The molecular weight excluding hydrogens is 412 g/mol. The lowest BCUT2D eigenvalue weighted by Gasteiger charge is -2.16. The monoisotopic (exact) mass is 424 g/mol. The number of primary sulfonamides is 1. The molecule has 0 aliphatic heterocycles. The molecule has 146 valence electrons. The van der Waals surface area contributed by atoms with E-state index in [2.05, 4.69) is 0 Å². The number of alkyl halides is 3. The molecule has 0 heterocycles. The quantitative estimate of drug-likeness (QED) is 0.569. The summed E-state index contributed by atoms with van der Waals surface area (Å²) < 4.78 is 97.8. The summed E-state index contributed by atoms with van der Waals surface area (Å²) in [6, 6.07) is 6.00. The van der Waals surface area contributed by atoms with Gasteiger partial charge in [-0.3, -0.25) is 0 Å². The molecule has 0 aromatic heterocycles. The zero-order valence-electron chi connectivity index (χ0n) is 13.2. The number of benzene rings is 2. The maximum Gasteiger partial charge on any atom is 0.416 e. The van der Waals surface area contributed by atoms with Crippen LogP contribution in [-0.4, -0.2) is 16.8 Å². The van der Waals surface area contributed by atoms with Crippen molar-refractivity contribution >= 4 is 32.7 Å². The molecule has 0 fully saturated rings. The van der Waals surface area contributed by atoms with Crippen LogP contribution in [0.15, 0.2) is 53.6 Å². The summed E-state index contributed by atoms with van der Waals surface area (Å²) in [5, 5.41) is 5.01. The lowest BCUT2D eigenvalue weighted by molar-refractivity contribution is -0.137. The highest BCUT2D eigenvalue weighted by Gasteiger charge is 2.29. The van der Waals surface area contributed by atoms with Gasteiger partial charge in [0.1, 0.15) is 10.7 Å². The summed E-state index contributed by atoms with van der Waals surface area (Å²) in [7, 11) is -7.83. The third-order valence-corrected chi connectivity index (χ3v) is 4.96. The van der Waals surface area contributed by atoms with Gasteiger partial charge in [0.2, 0.25) is 20.9 Å². The van der Waals surface area contributed by atoms with E-state index >= 15 is 0 Å². The normalized spacial score (nSPS) is 12.7. The highest BCUT2D eigenvalue weighted by molar-refractivity contribution is 7.89. The fourth-order valence-corrected chi connectivity index (χ4v) is 3.36. The smallest absolute Gasteiger partial charge is 0.246 e. The summed E-state index contributed by atoms with van der Waals surface area (Å²) in [6.07, 6.45) is -2.54. The molecule has 0 bridgehead atoms. The van der Waals surface area contributed by atoms with Gasteiger partial charge in [-0.15, -0.1) is 0 Å². The Morgan fingerprint density at radius 2 is 1.63 bits per heavy atom. The van der Waals surface area contributed by atoms with Crippen LogP contribution in [0, 0.1) is 5.82 Å². The van der Waals surface area contributed by atoms with Crippen LogP contribution in [0.25, 0.3) is 6.08 Å². The van der Waals surface area contributed by atoms with E-state index in [9.17, 15) is 34.4 Å². The molecule has 2 aromatic rings. The van der Waals surface area contributed by atoms with Crippen LogP contribution >= 0.6 is 0 Å². The Morgan fingerprint density at radius 3 is 2.11 bits per heavy atom. The van der Waals surface area contributed by atoms with Crippen LogP contribution in [0.2, 0.25) is 0 Å². The molecule has 0 amide bonds. The first-order valence-corrected chi connectivity index (χ1v) is 9.68. The Morgan fingerprint density at radius 1 is 1.04 bits per heavy atom. The number of halogens is 4. The Bertz CT molecular complexity index is 1040. The van der Waals surface area contributed by atoms with Gasteiger partial charge in [0.15, 0.2) is 0 Å². The van der Waals surface area contributed by atoms with E-state index in [0.717, 1.165) is 48.7 Å². The SMILES string of the molecule is NS(=O)(=O)c1ccc(F)cc1N(C=Cc1ccc(C(F)(F)F)cc1)[SH](=O)=O. The van der Waals surface area contributed by atoms with Crippen LogP contribution in [0.1, 0.15) is 11.1 Å². The summed E-state index contributed by atoms with van der Waals surface area (Å²) in [6.45, 7) is 0. The second-order valence-electron chi connectivity index (χ2n) is 5.17. The topological polar surface area (TPSA) is 97.5 Å². The van der Waals surface area contributed by atoms with Crippen LogP contribution < -0.4 is 9.44 Å². The highest BCUT2D eigenvalue weighted by Crippen LogP contribution is 2.30. The van der Waals surface area contributed by atoms with E-state index in [1.807, 2.05) is 0 Å². The molecule has 0 atom stereocenters. The second-order valence-corrected chi connectivity index (χ2v) is 7.61. The molecule has 0 radical (unpaired) electrons. The van der Waals surface area contributed by atoms with Crippen LogP contribution in [0.4, 0.5) is 23.2 Å². The van der Waals surface area contributed by atoms with Gasteiger partial charge in [-0.25, -0.2) is 30.7 Å². The van der Waals surface area contributed by atoms with Crippen molar-refractivity contribution in [2.24, 2.45) is 5.14 Å². The first-order chi connectivity index (χ1) is 12.4. The lowest BCUT2D eigenvalue weighted by atomic mass is 10.1. The number of anilines is 1. The molecule has 0 saturated carbocycles. The summed E-state index contributed by atoms with van der Waals surface area (Å²) in [4.78, 5) is -0.639. The average Bonchev–Trinajstić information content (AvgIpc) is 2.53. The average molecular weight is 424 g/mol. The van der Waals surface area contributed by atoms with Crippen molar-refractivity contribution < 1.29 is 34.4 Å². The van der Waals surface area contributed by atoms with E-state index in [1.165, 1.54) is 0 Å². The fourth-order valence-electron chi connectivity index (χ4n) is 2.07. The third kappa shape index (κ3) is 5.28. The van der Waals surface area contributed by atoms with Gasteiger partial charge in [-0.05, 0) is 42.0 Å². The molecule has 0 saturated heterocycles. The van der Waals surface area contributed by atoms with E-state index in [1.54, 1.807) is 0 Å². The maximum absolute atomic E-state index is 13.5. The minimum atomic E-state index is -4.53. The van der Waals surface area contributed by atoms with Crippen LogP contribution in [0.5, 0.6) is 0 Å². The Kier molecular flexibility index (Phi) is 5.92. The molecule has 2 rings (SSSR count). The number of sulfonamides is 1. The van der Waals surface area contributed by atoms with Crippen molar-refractivity contribution in [3.8, 4) is 0 Å². The molecule has 2 aromatic carbocycles. The first kappa shape index (κ1) is 20.9. The standard InChI is InChI=1S/C15H12F4N2O4S2/c16-12-5-6-14(27(20,24)25)13(9-12)21(26(22)23)8-7-10-1-3-11(4-2-10)15(17,18)19/h1-9,26H,(H2,20,24,25). The minimum absolute atomic E-state index is 0.193. The first-order valence-electron chi connectivity index (χ1n) is 7.01. The van der Waals surface area contributed by atoms with E-state index in [4.69, 9.17) is 5.14 Å². The molecule has 12 heteroatoms. The highest BCUT2D eigenvalue weighted by atomic mass is 32.2. The number of nitrogens with two attached hydrogens (primary N) is 1. The van der Waals surface area contributed by atoms with Gasteiger partial charge in [0, 0.05) is 6.20 Å².